The molecule has 4 nitrogen and oxygen atoms in total. The molecule has 94 valence electrons. The molecule has 1 aliphatic carbocycles. The van der Waals surface area contributed by atoms with Crippen LogP contribution >= 0.6 is 0 Å². The lowest BCUT2D eigenvalue weighted by Crippen LogP contribution is -2.63. The summed E-state index contributed by atoms with van der Waals surface area (Å²) in [5.41, 5.74) is 6.28. The number of hydrogen-bond donors (Lipinski definition) is 2. The Kier molecular flexibility index (Phi) is 3.27. The number of rotatable bonds is 4. The molecule has 2 fully saturated rings. The summed E-state index contributed by atoms with van der Waals surface area (Å²) in [6.45, 7) is 6.82. The molecule has 3 N–H and O–H groups in total. The Bertz CT molecular complexity index is 249. The quantitative estimate of drug-likeness (QED) is 0.736. The first-order valence-electron chi connectivity index (χ1n) is 6.11. The van der Waals surface area contributed by atoms with Crippen LogP contribution in [0.3, 0.4) is 0 Å². The zero-order valence-corrected chi connectivity index (χ0v) is 10.6. The summed E-state index contributed by atoms with van der Waals surface area (Å²) in [5, 5.41) is 3.57. The first-order chi connectivity index (χ1) is 7.48. The van der Waals surface area contributed by atoms with Crippen molar-refractivity contribution in [1.29, 1.82) is 0 Å². The van der Waals surface area contributed by atoms with Crippen molar-refractivity contribution in [2.75, 3.05) is 26.9 Å². The topological polar surface area (TPSA) is 56.5 Å². The van der Waals surface area contributed by atoms with Crippen LogP contribution in [0.25, 0.3) is 0 Å². The maximum absolute atomic E-state index is 6.22. The maximum Gasteiger partial charge on any atom is 0.0659 e. The Morgan fingerprint density at radius 1 is 1.50 bits per heavy atom. The molecular weight excluding hydrogens is 204 g/mol. The molecule has 2 rings (SSSR count). The summed E-state index contributed by atoms with van der Waals surface area (Å²) >= 11 is 0. The molecule has 0 bridgehead atoms. The summed E-state index contributed by atoms with van der Waals surface area (Å²) in [5.74, 6) is 0. The molecule has 1 saturated heterocycles. The molecule has 0 aromatic rings. The Morgan fingerprint density at radius 3 is 2.75 bits per heavy atom. The molecular formula is C12H24N2O2. The second kappa shape index (κ2) is 4.26. The first-order valence-corrected chi connectivity index (χ1v) is 6.11. The van der Waals surface area contributed by atoms with E-state index in [1.807, 2.05) is 0 Å². The van der Waals surface area contributed by atoms with Gasteiger partial charge in [-0.3, -0.25) is 0 Å². The highest BCUT2D eigenvalue weighted by molar-refractivity contribution is 5.04. The SMILES string of the molecule is COC1CC(NCC2(N)CCOC2)C1(C)C. The van der Waals surface area contributed by atoms with Crippen molar-refractivity contribution >= 4 is 0 Å². The van der Waals surface area contributed by atoms with E-state index in [9.17, 15) is 0 Å². The van der Waals surface area contributed by atoms with Gasteiger partial charge in [0.1, 0.15) is 0 Å². The van der Waals surface area contributed by atoms with Crippen LogP contribution in [0.2, 0.25) is 0 Å². The van der Waals surface area contributed by atoms with Crippen molar-refractivity contribution in [1.82, 2.24) is 5.32 Å². The largest absolute Gasteiger partial charge is 0.381 e. The van der Waals surface area contributed by atoms with Crippen LogP contribution in [-0.2, 0) is 9.47 Å². The van der Waals surface area contributed by atoms with Gasteiger partial charge < -0.3 is 20.5 Å². The summed E-state index contributed by atoms with van der Waals surface area (Å²) in [6, 6.07) is 0.512. The molecule has 0 spiro atoms. The first kappa shape index (κ1) is 12.3. The van der Waals surface area contributed by atoms with E-state index in [0.717, 1.165) is 26.0 Å². The summed E-state index contributed by atoms with van der Waals surface area (Å²) in [6.07, 6.45) is 2.42. The third kappa shape index (κ3) is 2.12. The number of methoxy groups -OCH3 is 1. The normalized spacial score (nSPS) is 42.0. The fraction of sp³-hybridized carbons (Fsp3) is 1.00. The van der Waals surface area contributed by atoms with Crippen LogP contribution in [0.15, 0.2) is 0 Å². The van der Waals surface area contributed by atoms with E-state index >= 15 is 0 Å². The van der Waals surface area contributed by atoms with Gasteiger partial charge in [-0.2, -0.15) is 0 Å². The van der Waals surface area contributed by atoms with Crippen LogP contribution < -0.4 is 11.1 Å². The lowest BCUT2D eigenvalue weighted by Gasteiger charge is -2.52. The Hall–Kier alpha value is -0.160. The standard InChI is InChI=1S/C12H24N2O2/c1-11(2)9(6-10(11)15-3)14-7-12(13)4-5-16-8-12/h9-10,14H,4-8,13H2,1-3H3. The van der Waals surface area contributed by atoms with E-state index in [1.54, 1.807) is 7.11 Å². The van der Waals surface area contributed by atoms with Crippen molar-refractivity contribution in [2.45, 2.75) is 44.4 Å². The highest BCUT2D eigenvalue weighted by Crippen LogP contribution is 2.42. The van der Waals surface area contributed by atoms with Crippen LogP contribution in [0.4, 0.5) is 0 Å². The van der Waals surface area contributed by atoms with Gasteiger partial charge in [0, 0.05) is 31.7 Å². The van der Waals surface area contributed by atoms with Gasteiger partial charge in [0.05, 0.1) is 18.2 Å². The fourth-order valence-corrected chi connectivity index (χ4v) is 2.72. The van der Waals surface area contributed by atoms with Crippen molar-refractivity contribution in [3.05, 3.63) is 0 Å². The summed E-state index contributed by atoms with van der Waals surface area (Å²) in [4.78, 5) is 0. The van der Waals surface area contributed by atoms with E-state index in [-0.39, 0.29) is 11.0 Å². The number of hydrogen-bond acceptors (Lipinski definition) is 4. The minimum absolute atomic E-state index is 0.158. The monoisotopic (exact) mass is 228 g/mol. The van der Waals surface area contributed by atoms with Gasteiger partial charge in [-0.15, -0.1) is 0 Å². The molecule has 3 unspecified atom stereocenters. The molecule has 0 aromatic carbocycles. The van der Waals surface area contributed by atoms with E-state index in [2.05, 4.69) is 19.2 Å². The van der Waals surface area contributed by atoms with Gasteiger partial charge in [0.15, 0.2) is 0 Å². The van der Waals surface area contributed by atoms with Crippen molar-refractivity contribution in [3.63, 3.8) is 0 Å². The average molecular weight is 228 g/mol. The Balaban J connectivity index is 1.79. The zero-order chi connectivity index (χ0) is 11.8. The van der Waals surface area contributed by atoms with E-state index in [1.165, 1.54) is 0 Å². The highest BCUT2D eigenvalue weighted by Gasteiger charge is 2.48. The van der Waals surface area contributed by atoms with Gasteiger partial charge in [-0.25, -0.2) is 0 Å². The minimum atomic E-state index is -0.158. The highest BCUT2D eigenvalue weighted by atomic mass is 16.5. The zero-order valence-electron chi connectivity index (χ0n) is 10.6. The second-order valence-electron chi connectivity index (χ2n) is 5.88. The van der Waals surface area contributed by atoms with Crippen LogP contribution in [0.1, 0.15) is 26.7 Å². The predicted octanol–water partition coefficient (Wildman–Crippen LogP) is 0.507. The molecule has 1 heterocycles. The molecule has 3 atom stereocenters. The summed E-state index contributed by atoms with van der Waals surface area (Å²) < 4.78 is 10.8. The van der Waals surface area contributed by atoms with Crippen molar-refractivity contribution in [2.24, 2.45) is 11.1 Å². The van der Waals surface area contributed by atoms with E-state index < -0.39 is 0 Å². The van der Waals surface area contributed by atoms with E-state index in [0.29, 0.717) is 18.8 Å². The molecule has 0 radical (unpaired) electrons. The number of nitrogens with two attached hydrogens (primary N) is 1. The summed E-state index contributed by atoms with van der Waals surface area (Å²) in [7, 11) is 1.79. The van der Waals surface area contributed by atoms with Gasteiger partial charge in [0.2, 0.25) is 0 Å². The molecule has 1 saturated carbocycles. The fourth-order valence-electron chi connectivity index (χ4n) is 2.72. The Morgan fingerprint density at radius 2 is 2.25 bits per heavy atom. The van der Waals surface area contributed by atoms with Crippen LogP contribution in [0.5, 0.6) is 0 Å². The van der Waals surface area contributed by atoms with Gasteiger partial charge in [0.25, 0.3) is 0 Å². The molecule has 2 aliphatic rings. The lowest BCUT2D eigenvalue weighted by atomic mass is 9.64. The Labute approximate surface area is 97.9 Å². The van der Waals surface area contributed by atoms with Gasteiger partial charge >= 0.3 is 0 Å². The maximum atomic E-state index is 6.22. The average Bonchev–Trinajstić information content (AvgIpc) is 2.64. The van der Waals surface area contributed by atoms with Crippen LogP contribution in [-0.4, -0.2) is 44.6 Å². The molecule has 1 aliphatic heterocycles. The third-order valence-corrected chi connectivity index (χ3v) is 4.30. The minimum Gasteiger partial charge on any atom is -0.381 e. The smallest absolute Gasteiger partial charge is 0.0659 e. The molecule has 4 heteroatoms. The second-order valence-corrected chi connectivity index (χ2v) is 5.88. The molecule has 0 aromatic heterocycles. The predicted molar refractivity (Wildman–Crippen MR) is 63.3 cm³/mol. The van der Waals surface area contributed by atoms with Gasteiger partial charge in [-0.05, 0) is 12.8 Å². The number of nitrogens with one attached hydrogen (secondary N) is 1. The van der Waals surface area contributed by atoms with Gasteiger partial charge in [-0.1, -0.05) is 13.8 Å². The van der Waals surface area contributed by atoms with Crippen LogP contribution in [0, 0.1) is 5.41 Å². The lowest BCUT2D eigenvalue weighted by molar-refractivity contribution is -0.0983. The molecule has 0 amide bonds. The van der Waals surface area contributed by atoms with Crippen molar-refractivity contribution in [3.8, 4) is 0 Å². The third-order valence-electron chi connectivity index (χ3n) is 4.30. The number of ether oxygens (including phenoxy) is 2. The van der Waals surface area contributed by atoms with Crippen molar-refractivity contribution < 1.29 is 9.47 Å². The van der Waals surface area contributed by atoms with E-state index in [4.69, 9.17) is 15.2 Å². The molecule has 16 heavy (non-hydrogen) atoms.